The Hall–Kier alpha value is -2.48. The van der Waals surface area contributed by atoms with Crippen LogP contribution in [-0.2, 0) is 18.3 Å². The highest BCUT2D eigenvalue weighted by molar-refractivity contribution is 5.97. The molecule has 0 aliphatic carbocycles. The standard InChI is InChI=1S/C12H15N7O/c1-18-12-9(11(13)14-7-15-12)10(17-18)8-5-16-19(6-8)3-4-20-2/h5-7H,3-4H2,1-2H3,(H2,13,14,15). The lowest BCUT2D eigenvalue weighted by Gasteiger charge is -1.98. The minimum absolute atomic E-state index is 0.419. The van der Waals surface area contributed by atoms with Crippen LogP contribution in [0.4, 0.5) is 5.82 Å². The van der Waals surface area contributed by atoms with E-state index in [1.807, 2.05) is 13.2 Å². The van der Waals surface area contributed by atoms with Crippen molar-refractivity contribution in [1.29, 1.82) is 0 Å². The number of rotatable bonds is 4. The predicted molar refractivity (Wildman–Crippen MR) is 73.8 cm³/mol. The first-order valence-electron chi connectivity index (χ1n) is 6.15. The van der Waals surface area contributed by atoms with Gasteiger partial charge < -0.3 is 10.5 Å². The number of aromatic nitrogens is 6. The first-order chi connectivity index (χ1) is 9.70. The zero-order chi connectivity index (χ0) is 14.1. The van der Waals surface area contributed by atoms with Crippen molar-refractivity contribution in [1.82, 2.24) is 29.5 Å². The molecule has 3 heterocycles. The van der Waals surface area contributed by atoms with Gasteiger partial charge in [0.2, 0.25) is 0 Å². The van der Waals surface area contributed by atoms with Crippen LogP contribution in [0, 0.1) is 0 Å². The Morgan fingerprint density at radius 2 is 2.20 bits per heavy atom. The summed E-state index contributed by atoms with van der Waals surface area (Å²) in [6.45, 7) is 1.29. The van der Waals surface area contributed by atoms with E-state index in [1.165, 1.54) is 6.33 Å². The third-order valence-electron chi connectivity index (χ3n) is 3.08. The first kappa shape index (κ1) is 12.5. The smallest absolute Gasteiger partial charge is 0.163 e. The van der Waals surface area contributed by atoms with Gasteiger partial charge in [0.15, 0.2) is 5.65 Å². The molecule has 0 saturated carbocycles. The molecule has 0 fully saturated rings. The quantitative estimate of drug-likeness (QED) is 0.741. The highest BCUT2D eigenvalue weighted by atomic mass is 16.5. The van der Waals surface area contributed by atoms with Crippen LogP contribution in [0.5, 0.6) is 0 Å². The van der Waals surface area contributed by atoms with Crippen molar-refractivity contribution < 1.29 is 4.74 Å². The van der Waals surface area contributed by atoms with Gasteiger partial charge in [0.25, 0.3) is 0 Å². The van der Waals surface area contributed by atoms with Crippen LogP contribution in [0.25, 0.3) is 22.3 Å². The lowest BCUT2D eigenvalue weighted by molar-refractivity contribution is 0.183. The van der Waals surface area contributed by atoms with E-state index >= 15 is 0 Å². The number of nitrogens with two attached hydrogens (primary N) is 1. The van der Waals surface area contributed by atoms with Crippen LogP contribution in [0.3, 0.4) is 0 Å². The Bertz CT molecular complexity index is 745. The summed E-state index contributed by atoms with van der Waals surface area (Å²) in [5.41, 5.74) is 8.27. The van der Waals surface area contributed by atoms with Crippen LogP contribution < -0.4 is 5.73 Å². The molecule has 0 saturated heterocycles. The van der Waals surface area contributed by atoms with Crippen LogP contribution in [0.2, 0.25) is 0 Å². The van der Waals surface area contributed by atoms with E-state index in [-0.39, 0.29) is 0 Å². The molecule has 2 N–H and O–H groups in total. The zero-order valence-electron chi connectivity index (χ0n) is 11.3. The highest BCUT2D eigenvalue weighted by Gasteiger charge is 2.16. The van der Waals surface area contributed by atoms with Gasteiger partial charge in [-0.3, -0.25) is 4.68 Å². The Morgan fingerprint density at radius 3 is 3.00 bits per heavy atom. The molecule has 0 unspecified atom stereocenters. The summed E-state index contributed by atoms with van der Waals surface area (Å²) in [6, 6.07) is 0. The second kappa shape index (κ2) is 4.89. The molecule has 0 aliphatic heterocycles. The Labute approximate surface area is 115 Å². The highest BCUT2D eigenvalue weighted by Crippen LogP contribution is 2.28. The molecule has 20 heavy (non-hydrogen) atoms. The van der Waals surface area contributed by atoms with Crippen LogP contribution in [0.1, 0.15) is 0 Å². The maximum Gasteiger partial charge on any atom is 0.163 e. The minimum Gasteiger partial charge on any atom is -0.383 e. The van der Waals surface area contributed by atoms with E-state index in [0.717, 1.165) is 16.6 Å². The van der Waals surface area contributed by atoms with Crippen LogP contribution in [-0.4, -0.2) is 43.2 Å². The number of nitrogens with zero attached hydrogens (tertiary/aromatic N) is 6. The van der Waals surface area contributed by atoms with Crippen molar-refractivity contribution in [3.8, 4) is 11.3 Å². The molecule has 0 radical (unpaired) electrons. The average molecular weight is 273 g/mol. The van der Waals surface area contributed by atoms with Crippen molar-refractivity contribution in [2.24, 2.45) is 7.05 Å². The number of aryl methyl sites for hydroxylation is 1. The summed E-state index contributed by atoms with van der Waals surface area (Å²) in [4.78, 5) is 8.24. The lowest BCUT2D eigenvalue weighted by atomic mass is 10.2. The second-order valence-electron chi connectivity index (χ2n) is 4.41. The fourth-order valence-electron chi connectivity index (χ4n) is 2.10. The Morgan fingerprint density at radius 1 is 1.35 bits per heavy atom. The van der Waals surface area contributed by atoms with Gasteiger partial charge in [-0.25, -0.2) is 14.6 Å². The molecule has 0 aliphatic rings. The van der Waals surface area contributed by atoms with Gasteiger partial charge in [0.05, 0.1) is 24.7 Å². The normalized spacial score (nSPS) is 11.3. The SMILES string of the molecule is COCCn1cc(-c2nn(C)c3ncnc(N)c23)cn1. The Balaban J connectivity index is 2.08. The maximum atomic E-state index is 5.94. The van der Waals surface area contributed by atoms with Crippen molar-refractivity contribution in [3.63, 3.8) is 0 Å². The Kier molecular flexibility index (Phi) is 3.07. The van der Waals surface area contributed by atoms with Gasteiger partial charge in [-0.05, 0) is 0 Å². The van der Waals surface area contributed by atoms with E-state index in [1.54, 1.807) is 22.7 Å². The molecule has 0 spiro atoms. The summed E-state index contributed by atoms with van der Waals surface area (Å²) in [7, 11) is 3.49. The summed E-state index contributed by atoms with van der Waals surface area (Å²) in [5.74, 6) is 0.419. The van der Waals surface area contributed by atoms with E-state index in [0.29, 0.717) is 24.6 Å². The number of anilines is 1. The van der Waals surface area contributed by atoms with Crippen molar-refractivity contribution >= 4 is 16.9 Å². The number of methoxy groups -OCH3 is 1. The number of hydrogen-bond acceptors (Lipinski definition) is 6. The molecule has 0 amide bonds. The van der Waals surface area contributed by atoms with Gasteiger partial charge >= 0.3 is 0 Å². The molecule has 8 heteroatoms. The predicted octanol–water partition coefficient (Wildman–Crippen LogP) is 0.455. The number of fused-ring (bicyclic) bond motifs is 1. The van der Waals surface area contributed by atoms with Gasteiger partial charge in [0, 0.05) is 25.9 Å². The van der Waals surface area contributed by atoms with Crippen molar-refractivity contribution in [2.75, 3.05) is 19.5 Å². The largest absolute Gasteiger partial charge is 0.383 e. The molecule has 3 aromatic heterocycles. The monoisotopic (exact) mass is 273 g/mol. The van der Waals surface area contributed by atoms with Gasteiger partial charge in [0.1, 0.15) is 17.8 Å². The summed E-state index contributed by atoms with van der Waals surface area (Å²) < 4.78 is 8.53. The van der Waals surface area contributed by atoms with E-state index < -0.39 is 0 Å². The van der Waals surface area contributed by atoms with Gasteiger partial charge in [-0.1, -0.05) is 0 Å². The topological polar surface area (TPSA) is 96.7 Å². The second-order valence-corrected chi connectivity index (χ2v) is 4.41. The van der Waals surface area contributed by atoms with Crippen molar-refractivity contribution in [2.45, 2.75) is 6.54 Å². The van der Waals surface area contributed by atoms with Gasteiger partial charge in [-0.2, -0.15) is 10.2 Å². The fraction of sp³-hybridized carbons (Fsp3) is 0.333. The first-order valence-corrected chi connectivity index (χ1v) is 6.15. The molecule has 8 nitrogen and oxygen atoms in total. The van der Waals surface area contributed by atoms with E-state index in [2.05, 4.69) is 20.2 Å². The third kappa shape index (κ3) is 1.99. The minimum atomic E-state index is 0.419. The van der Waals surface area contributed by atoms with E-state index in [9.17, 15) is 0 Å². The molecule has 0 bridgehead atoms. The zero-order valence-corrected chi connectivity index (χ0v) is 11.3. The maximum absolute atomic E-state index is 5.94. The molecule has 0 aromatic carbocycles. The summed E-state index contributed by atoms with van der Waals surface area (Å²) in [6.07, 6.45) is 5.10. The number of ether oxygens (including phenoxy) is 1. The average Bonchev–Trinajstić information content (AvgIpc) is 3.03. The molecule has 104 valence electrons. The fourth-order valence-corrected chi connectivity index (χ4v) is 2.10. The molecule has 0 atom stereocenters. The van der Waals surface area contributed by atoms with E-state index in [4.69, 9.17) is 10.5 Å². The lowest BCUT2D eigenvalue weighted by Crippen LogP contribution is -2.03. The third-order valence-corrected chi connectivity index (χ3v) is 3.08. The number of nitrogen functional groups attached to an aromatic ring is 1. The van der Waals surface area contributed by atoms with Gasteiger partial charge in [-0.15, -0.1) is 0 Å². The molecular weight excluding hydrogens is 258 g/mol. The molecule has 3 aromatic rings. The van der Waals surface area contributed by atoms with Crippen LogP contribution >= 0.6 is 0 Å². The molecule has 3 rings (SSSR count). The summed E-state index contributed by atoms with van der Waals surface area (Å²) in [5, 5.41) is 9.50. The van der Waals surface area contributed by atoms with Crippen LogP contribution in [0.15, 0.2) is 18.7 Å². The summed E-state index contributed by atoms with van der Waals surface area (Å²) >= 11 is 0. The molecular formula is C12H15N7O. The number of hydrogen-bond donors (Lipinski definition) is 1. The van der Waals surface area contributed by atoms with Crippen molar-refractivity contribution in [3.05, 3.63) is 18.7 Å².